The predicted molar refractivity (Wildman–Crippen MR) is 81.0 cm³/mol. The third-order valence-corrected chi connectivity index (χ3v) is 3.14. The number of nitrogens with zero attached hydrogens (tertiary/aromatic N) is 1. The van der Waals surface area contributed by atoms with Gasteiger partial charge in [0.2, 0.25) is 0 Å². The molecule has 5 heteroatoms. The first-order chi connectivity index (χ1) is 10.2. The van der Waals surface area contributed by atoms with E-state index in [0.717, 1.165) is 16.9 Å². The van der Waals surface area contributed by atoms with Crippen LogP contribution in [0.2, 0.25) is 0 Å². The van der Waals surface area contributed by atoms with E-state index < -0.39 is 0 Å². The van der Waals surface area contributed by atoms with Crippen LogP contribution in [0.4, 0.5) is 0 Å². The number of aryl methyl sites for hydroxylation is 1. The Morgan fingerprint density at radius 1 is 1.19 bits per heavy atom. The lowest BCUT2D eigenvalue weighted by molar-refractivity contribution is 0.303. The minimum atomic E-state index is 0.00425. The van der Waals surface area contributed by atoms with Gasteiger partial charge in [-0.15, -0.1) is 0 Å². The molecular formula is C16H18N2O3. The molecule has 2 aromatic rings. The van der Waals surface area contributed by atoms with Crippen molar-refractivity contribution in [3.8, 4) is 11.5 Å². The number of nitrogens with two attached hydrogens (primary N) is 1. The first kappa shape index (κ1) is 14.7. The Morgan fingerprint density at radius 2 is 1.95 bits per heavy atom. The monoisotopic (exact) mass is 286 g/mol. The number of ether oxygens (including phenoxy) is 2. The SMILES string of the molecule is COc1ccc(COc2ccccc2C)cc1C(N)=NO. The average Bonchev–Trinajstić information content (AvgIpc) is 2.53. The third-order valence-electron chi connectivity index (χ3n) is 3.14. The summed E-state index contributed by atoms with van der Waals surface area (Å²) in [4.78, 5) is 0. The van der Waals surface area contributed by atoms with E-state index in [-0.39, 0.29) is 5.84 Å². The number of methoxy groups -OCH3 is 1. The quantitative estimate of drug-likeness (QED) is 0.383. The summed E-state index contributed by atoms with van der Waals surface area (Å²) in [6.45, 7) is 2.38. The van der Waals surface area contributed by atoms with Crippen LogP contribution in [0.5, 0.6) is 11.5 Å². The zero-order valence-corrected chi connectivity index (χ0v) is 12.0. The summed E-state index contributed by atoms with van der Waals surface area (Å²) < 4.78 is 11.0. The van der Waals surface area contributed by atoms with Crippen LogP contribution in [0, 0.1) is 6.92 Å². The Kier molecular flexibility index (Phi) is 4.66. The number of hydrogen-bond acceptors (Lipinski definition) is 4. The summed E-state index contributed by atoms with van der Waals surface area (Å²) in [5, 5.41) is 11.8. The molecule has 0 atom stereocenters. The zero-order chi connectivity index (χ0) is 15.2. The summed E-state index contributed by atoms with van der Waals surface area (Å²) in [6, 6.07) is 13.2. The number of hydrogen-bond donors (Lipinski definition) is 2. The molecule has 0 radical (unpaired) electrons. The maximum atomic E-state index is 8.82. The number of rotatable bonds is 5. The van der Waals surface area contributed by atoms with Crippen LogP contribution in [0.3, 0.4) is 0 Å². The largest absolute Gasteiger partial charge is 0.496 e. The first-order valence-electron chi connectivity index (χ1n) is 6.49. The molecule has 3 N–H and O–H groups in total. The molecule has 21 heavy (non-hydrogen) atoms. The highest BCUT2D eigenvalue weighted by molar-refractivity contribution is 5.99. The van der Waals surface area contributed by atoms with Crippen LogP contribution < -0.4 is 15.2 Å². The maximum Gasteiger partial charge on any atom is 0.173 e. The smallest absolute Gasteiger partial charge is 0.173 e. The highest BCUT2D eigenvalue weighted by Crippen LogP contribution is 2.22. The molecule has 0 heterocycles. The van der Waals surface area contributed by atoms with E-state index in [1.165, 1.54) is 7.11 Å². The molecule has 0 saturated carbocycles. The highest BCUT2D eigenvalue weighted by atomic mass is 16.5. The van der Waals surface area contributed by atoms with Crippen molar-refractivity contribution in [2.45, 2.75) is 13.5 Å². The van der Waals surface area contributed by atoms with Gasteiger partial charge in [0, 0.05) is 0 Å². The molecule has 2 rings (SSSR count). The Bertz CT molecular complexity index is 654. The molecular weight excluding hydrogens is 268 g/mol. The van der Waals surface area contributed by atoms with E-state index in [4.69, 9.17) is 20.4 Å². The summed E-state index contributed by atoms with van der Waals surface area (Å²) in [7, 11) is 1.53. The zero-order valence-electron chi connectivity index (χ0n) is 12.0. The summed E-state index contributed by atoms with van der Waals surface area (Å²) in [5.41, 5.74) is 8.16. The van der Waals surface area contributed by atoms with Crippen LogP contribution in [0.25, 0.3) is 0 Å². The van der Waals surface area contributed by atoms with Gasteiger partial charge < -0.3 is 20.4 Å². The van der Waals surface area contributed by atoms with Gasteiger partial charge >= 0.3 is 0 Å². The van der Waals surface area contributed by atoms with E-state index in [1.807, 2.05) is 37.3 Å². The van der Waals surface area contributed by atoms with Crippen LogP contribution in [0.1, 0.15) is 16.7 Å². The standard InChI is InChI=1S/C16H18N2O3/c1-11-5-3-4-6-14(11)21-10-12-7-8-15(20-2)13(9-12)16(17)18-19/h3-9,19H,10H2,1-2H3,(H2,17,18). The van der Waals surface area contributed by atoms with Gasteiger partial charge in [-0.25, -0.2) is 0 Å². The van der Waals surface area contributed by atoms with Crippen LogP contribution in [-0.2, 0) is 6.61 Å². The maximum absolute atomic E-state index is 8.82. The minimum Gasteiger partial charge on any atom is -0.496 e. The second kappa shape index (κ2) is 6.65. The fourth-order valence-electron chi connectivity index (χ4n) is 1.98. The van der Waals surface area contributed by atoms with Crippen molar-refractivity contribution < 1.29 is 14.7 Å². The molecule has 110 valence electrons. The topological polar surface area (TPSA) is 77.1 Å². The van der Waals surface area contributed by atoms with Gasteiger partial charge in [0.1, 0.15) is 18.1 Å². The molecule has 0 amide bonds. The summed E-state index contributed by atoms with van der Waals surface area (Å²) in [5.74, 6) is 1.38. The van der Waals surface area contributed by atoms with Crippen molar-refractivity contribution in [1.82, 2.24) is 0 Å². The second-order valence-electron chi connectivity index (χ2n) is 4.57. The minimum absolute atomic E-state index is 0.00425. The van der Waals surface area contributed by atoms with Crippen molar-refractivity contribution in [3.05, 3.63) is 59.2 Å². The molecule has 0 unspecified atom stereocenters. The fraction of sp³-hybridized carbons (Fsp3) is 0.188. The molecule has 0 aliphatic carbocycles. The lowest BCUT2D eigenvalue weighted by atomic mass is 10.1. The van der Waals surface area contributed by atoms with Crippen LogP contribution >= 0.6 is 0 Å². The highest BCUT2D eigenvalue weighted by Gasteiger charge is 2.09. The first-order valence-corrected chi connectivity index (χ1v) is 6.49. The predicted octanol–water partition coefficient (Wildman–Crippen LogP) is 2.68. The molecule has 0 bridgehead atoms. The number of benzene rings is 2. The van der Waals surface area contributed by atoms with Gasteiger partial charge in [-0.2, -0.15) is 0 Å². The molecule has 0 saturated heterocycles. The van der Waals surface area contributed by atoms with Gasteiger partial charge in [-0.05, 0) is 36.2 Å². The van der Waals surface area contributed by atoms with Crippen LogP contribution in [-0.4, -0.2) is 18.2 Å². The third kappa shape index (κ3) is 3.45. The van der Waals surface area contributed by atoms with E-state index >= 15 is 0 Å². The van der Waals surface area contributed by atoms with Crippen molar-refractivity contribution in [2.75, 3.05) is 7.11 Å². The number of para-hydroxylation sites is 1. The van der Waals surface area contributed by atoms with Crippen molar-refractivity contribution in [3.63, 3.8) is 0 Å². The van der Waals surface area contributed by atoms with Crippen LogP contribution in [0.15, 0.2) is 47.6 Å². The Labute approximate surface area is 123 Å². The normalized spacial score (nSPS) is 11.2. The lowest BCUT2D eigenvalue weighted by Crippen LogP contribution is -2.15. The fourth-order valence-corrected chi connectivity index (χ4v) is 1.98. The second-order valence-corrected chi connectivity index (χ2v) is 4.57. The molecule has 0 aromatic heterocycles. The Morgan fingerprint density at radius 3 is 2.62 bits per heavy atom. The number of amidine groups is 1. The van der Waals surface area contributed by atoms with Gasteiger partial charge in [-0.3, -0.25) is 0 Å². The summed E-state index contributed by atoms with van der Waals surface area (Å²) >= 11 is 0. The Balaban J connectivity index is 2.20. The van der Waals surface area contributed by atoms with Crippen molar-refractivity contribution in [1.29, 1.82) is 0 Å². The van der Waals surface area contributed by atoms with Gasteiger partial charge in [0.05, 0.1) is 12.7 Å². The van der Waals surface area contributed by atoms with E-state index in [9.17, 15) is 0 Å². The van der Waals surface area contributed by atoms with Crippen molar-refractivity contribution >= 4 is 5.84 Å². The van der Waals surface area contributed by atoms with Gasteiger partial charge in [0.25, 0.3) is 0 Å². The summed E-state index contributed by atoms with van der Waals surface area (Å²) in [6.07, 6.45) is 0. The molecule has 2 aromatic carbocycles. The lowest BCUT2D eigenvalue weighted by Gasteiger charge is -2.12. The van der Waals surface area contributed by atoms with Gasteiger partial charge in [-0.1, -0.05) is 29.4 Å². The van der Waals surface area contributed by atoms with E-state index in [2.05, 4.69) is 5.16 Å². The van der Waals surface area contributed by atoms with Crippen molar-refractivity contribution in [2.24, 2.45) is 10.9 Å². The average molecular weight is 286 g/mol. The molecule has 0 aliphatic rings. The van der Waals surface area contributed by atoms with Gasteiger partial charge in [0.15, 0.2) is 5.84 Å². The molecule has 0 spiro atoms. The van der Waals surface area contributed by atoms with E-state index in [1.54, 1.807) is 12.1 Å². The Hall–Kier alpha value is -2.69. The molecule has 0 fully saturated rings. The molecule has 5 nitrogen and oxygen atoms in total. The van der Waals surface area contributed by atoms with E-state index in [0.29, 0.717) is 17.9 Å². The number of oxime groups is 1. The molecule has 0 aliphatic heterocycles.